The van der Waals surface area contributed by atoms with E-state index >= 15 is 0 Å². The molecule has 1 atom stereocenters. The first kappa shape index (κ1) is 25.0. The van der Waals surface area contributed by atoms with Crippen LogP contribution in [0.25, 0.3) is 22.0 Å². The van der Waals surface area contributed by atoms with Gasteiger partial charge in [0.1, 0.15) is 17.2 Å². The van der Waals surface area contributed by atoms with Crippen LogP contribution in [-0.4, -0.2) is 51.4 Å². The van der Waals surface area contributed by atoms with E-state index in [4.69, 9.17) is 25.8 Å². The lowest BCUT2D eigenvalue weighted by molar-refractivity contribution is 0.0213. The first-order valence-corrected chi connectivity index (χ1v) is 12.7. The summed E-state index contributed by atoms with van der Waals surface area (Å²) in [7, 11) is 0. The van der Waals surface area contributed by atoms with Crippen molar-refractivity contribution in [3.8, 4) is 11.1 Å². The molecule has 2 aromatic heterocycles. The average Bonchev–Trinajstić information content (AvgIpc) is 3.20. The van der Waals surface area contributed by atoms with E-state index in [1.54, 1.807) is 4.90 Å². The number of aryl methyl sites for hydroxylation is 2. The lowest BCUT2D eigenvalue weighted by atomic mass is 10.00. The number of carbonyl (C=O) groups excluding carboxylic acids is 1. The quantitative estimate of drug-likeness (QED) is 0.291. The number of aromatic nitrogens is 3. The SMILES string of the molecule is Cc1noc(C)c1-c1ccc2nc(Cl)nc(N3CCN(C(=O)OC(C)(C)C)C[C@@H]3c3ccccc3)c2c1. The molecule has 8 nitrogen and oxygen atoms in total. The molecule has 1 aliphatic rings. The highest BCUT2D eigenvalue weighted by Crippen LogP contribution is 2.37. The number of rotatable bonds is 3. The third kappa shape index (κ3) is 5.11. The van der Waals surface area contributed by atoms with Gasteiger partial charge >= 0.3 is 6.09 Å². The molecule has 3 heterocycles. The van der Waals surface area contributed by atoms with Gasteiger partial charge in [-0.1, -0.05) is 41.6 Å². The van der Waals surface area contributed by atoms with Crippen LogP contribution in [0.5, 0.6) is 0 Å². The van der Waals surface area contributed by atoms with Gasteiger partial charge in [0.15, 0.2) is 0 Å². The molecule has 1 fully saturated rings. The molecule has 2 aromatic carbocycles. The summed E-state index contributed by atoms with van der Waals surface area (Å²) in [5.74, 6) is 1.47. The summed E-state index contributed by atoms with van der Waals surface area (Å²) < 4.78 is 11.1. The number of hydrogen-bond acceptors (Lipinski definition) is 7. The Balaban J connectivity index is 1.60. The Morgan fingerprint density at radius 3 is 2.51 bits per heavy atom. The molecule has 192 valence electrons. The van der Waals surface area contributed by atoms with Crippen molar-refractivity contribution in [1.29, 1.82) is 0 Å². The second-order valence-corrected chi connectivity index (χ2v) is 10.6. The fraction of sp³-hybridized carbons (Fsp3) is 0.357. The van der Waals surface area contributed by atoms with E-state index in [2.05, 4.69) is 33.2 Å². The fourth-order valence-electron chi connectivity index (χ4n) is 4.84. The van der Waals surface area contributed by atoms with Crippen molar-refractivity contribution in [2.24, 2.45) is 0 Å². The van der Waals surface area contributed by atoms with Gasteiger partial charge in [-0.05, 0) is 69.5 Å². The van der Waals surface area contributed by atoms with Crippen molar-refractivity contribution in [3.05, 3.63) is 70.8 Å². The van der Waals surface area contributed by atoms with Crippen LogP contribution in [0.15, 0.2) is 53.1 Å². The van der Waals surface area contributed by atoms with E-state index in [0.29, 0.717) is 19.6 Å². The summed E-state index contributed by atoms with van der Waals surface area (Å²) in [6, 6.07) is 16.0. The topological polar surface area (TPSA) is 84.6 Å². The molecule has 1 saturated heterocycles. The lowest BCUT2D eigenvalue weighted by Crippen LogP contribution is -2.52. The first-order chi connectivity index (χ1) is 17.6. The minimum atomic E-state index is -0.568. The molecule has 9 heteroatoms. The van der Waals surface area contributed by atoms with E-state index in [1.165, 1.54) is 0 Å². The van der Waals surface area contributed by atoms with E-state index < -0.39 is 5.60 Å². The summed E-state index contributed by atoms with van der Waals surface area (Å²) in [4.78, 5) is 26.1. The molecular formula is C28H30ClN5O3. The standard InChI is InChI=1S/C28H30ClN5O3/c1-17-24(18(2)37-32-17)20-11-12-22-21(15-20)25(31-26(29)30-22)34-14-13-33(27(35)36-28(3,4)5)16-23(34)19-9-7-6-8-10-19/h6-12,15,23H,13-14,16H2,1-5H3/t23-/m1/s1. The number of carbonyl (C=O) groups is 1. The van der Waals surface area contributed by atoms with Crippen LogP contribution >= 0.6 is 11.6 Å². The Morgan fingerprint density at radius 1 is 1.08 bits per heavy atom. The van der Waals surface area contributed by atoms with Gasteiger partial charge in [0, 0.05) is 30.6 Å². The van der Waals surface area contributed by atoms with Crippen LogP contribution in [0.3, 0.4) is 0 Å². The third-order valence-corrected chi connectivity index (χ3v) is 6.63. The van der Waals surface area contributed by atoms with Gasteiger partial charge in [-0.3, -0.25) is 0 Å². The Bertz CT molecular complexity index is 1430. The smallest absolute Gasteiger partial charge is 0.410 e. The predicted molar refractivity (Wildman–Crippen MR) is 144 cm³/mol. The molecule has 5 rings (SSSR count). The van der Waals surface area contributed by atoms with Crippen LogP contribution in [0.2, 0.25) is 5.28 Å². The zero-order valence-electron chi connectivity index (χ0n) is 21.7. The van der Waals surface area contributed by atoms with Crippen molar-refractivity contribution in [3.63, 3.8) is 0 Å². The summed E-state index contributed by atoms with van der Waals surface area (Å²) in [5.41, 5.74) is 3.99. The third-order valence-electron chi connectivity index (χ3n) is 6.46. The number of hydrogen-bond donors (Lipinski definition) is 0. The van der Waals surface area contributed by atoms with Crippen LogP contribution in [0, 0.1) is 13.8 Å². The maximum atomic E-state index is 13.0. The second kappa shape index (κ2) is 9.67. The molecule has 1 amide bonds. The Hall–Kier alpha value is -3.65. The maximum absolute atomic E-state index is 13.0. The Morgan fingerprint density at radius 2 is 1.84 bits per heavy atom. The van der Waals surface area contributed by atoms with Crippen molar-refractivity contribution >= 4 is 34.4 Å². The molecule has 37 heavy (non-hydrogen) atoms. The van der Waals surface area contributed by atoms with Crippen molar-refractivity contribution in [2.75, 3.05) is 24.5 Å². The van der Waals surface area contributed by atoms with E-state index in [-0.39, 0.29) is 17.4 Å². The first-order valence-electron chi connectivity index (χ1n) is 12.3. The van der Waals surface area contributed by atoms with Crippen LogP contribution < -0.4 is 4.90 Å². The molecule has 0 aliphatic carbocycles. The van der Waals surface area contributed by atoms with Crippen molar-refractivity contribution in [2.45, 2.75) is 46.3 Å². The van der Waals surface area contributed by atoms with Gasteiger partial charge < -0.3 is 19.1 Å². The predicted octanol–water partition coefficient (Wildman–Crippen LogP) is 6.35. The van der Waals surface area contributed by atoms with E-state index in [0.717, 1.165) is 44.9 Å². The van der Waals surface area contributed by atoms with Crippen molar-refractivity contribution in [1.82, 2.24) is 20.0 Å². The number of benzene rings is 2. The number of amides is 1. The summed E-state index contributed by atoms with van der Waals surface area (Å²) in [6.45, 7) is 11.0. The molecule has 0 unspecified atom stereocenters. The largest absolute Gasteiger partial charge is 0.444 e. The normalized spacial score (nSPS) is 16.3. The number of fused-ring (bicyclic) bond motifs is 1. The Kier molecular flexibility index (Phi) is 6.54. The zero-order valence-corrected chi connectivity index (χ0v) is 22.4. The van der Waals surface area contributed by atoms with Gasteiger partial charge in [-0.25, -0.2) is 9.78 Å². The van der Waals surface area contributed by atoms with Crippen LogP contribution in [0.4, 0.5) is 10.6 Å². The molecule has 0 saturated carbocycles. The van der Waals surface area contributed by atoms with Crippen LogP contribution in [-0.2, 0) is 4.74 Å². The molecule has 0 bridgehead atoms. The lowest BCUT2D eigenvalue weighted by Gasteiger charge is -2.42. The van der Waals surface area contributed by atoms with Crippen molar-refractivity contribution < 1.29 is 14.1 Å². The molecule has 1 aliphatic heterocycles. The van der Waals surface area contributed by atoms with E-state index in [1.807, 2.05) is 65.0 Å². The van der Waals surface area contributed by atoms with Gasteiger partial charge in [-0.15, -0.1) is 0 Å². The number of halogens is 1. The Labute approximate surface area is 221 Å². The maximum Gasteiger partial charge on any atom is 0.410 e. The van der Waals surface area contributed by atoms with Gasteiger partial charge in [0.25, 0.3) is 0 Å². The van der Waals surface area contributed by atoms with Gasteiger partial charge in [-0.2, -0.15) is 4.98 Å². The highest BCUT2D eigenvalue weighted by Gasteiger charge is 2.34. The molecule has 4 aromatic rings. The fourth-order valence-corrected chi connectivity index (χ4v) is 5.01. The summed E-state index contributed by atoms with van der Waals surface area (Å²) in [6.07, 6.45) is -0.320. The molecule has 0 N–H and O–H groups in total. The highest BCUT2D eigenvalue weighted by molar-refractivity contribution is 6.28. The summed E-state index contributed by atoms with van der Waals surface area (Å²) in [5, 5.41) is 5.16. The molecule has 0 radical (unpaired) electrons. The minimum Gasteiger partial charge on any atom is -0.444 e. The number of nitrogens with zero attached hydrogens (tertiary/aromatic N) is 5. The average molecular weight is 520 g/mol. The highest BCUT2D eigenvalue weighted by atomic mass is 35.5. The second-order valence-electron chi connectivity index (χ2n) is 10.3. The minimum absolute atomic E-state index is 0.153. The van der Waals surface area contributed by atoms with Gasteiger partial charge in [0.05, 0.1) is 17.3 Å². The monoisotopic (exact) mass is 519 g/mol. The molecular weight excluding hydrogens is 490 g/mol. The van der Waals surface area contributed by atoms with Gasteiger partial charge in [0.2, 0.25) is 5.28 Å². The number of piperazine rings is 1. The number of ether oxygens (including phenoxy) is 1. The summed E-state index contributed by atoms with van der Waals surface area (Å²) >= 11 is 6.42. The number of anilines is 1. The molecule has 0 spiro atoms. The zero-order chi connectivity index (χ0) is 26.3. The van der Waals surface area contributed by atoms with Crippen LogP contribution in [0.1, 0.15) is 43.8 Å². The van der Waals surface area contributed by atoms with E-state index in [9.17, 15) is 4.79 Å².